The summed E-state index contributed by atoms with van der Waals surface area (Å²) in [6, 6.07) is 3.76. The van der Waals surface area contributed by atoms with Crippen LogP contribution >= 0.6 is 11.5 Å². The molecule has 1 aromatic heterocycles. The molecule has 0 aliphatic carbocycles. The number of hydrogen-bond acceptors (Lipinski definition) is 4. The van der Waals surface area contributed by atoms with Gasteiger partial charge in [0.15, 0.2) is 11.6 Å². The summed E-state index contributed by atoms with van der Waals surface area (Å²) in [6.07, 6.45) is 0.950. The molecular formula is C13H15F2N3S. The molecule has 1 atom stereocenters. The third-order valence-corrected chi connectivity index (χ3v) is 3.72. The minimum atomic E-state index is -0.837. The minimum Gasteiger partial charge on any atom is -0.305 e. The van der Waals surface area contributed by atoms with Crippen LogP contribution in [0, 0.1) is 18.6 Å². The summed E-state index contributed by atoms with van der Waals surface area (Å²) in [5.41, 5.74) is 1.49. The predicted octanol–water partition coefficient (Wildman–Crippen LogP) is 3.21. The van der Waals surface area contributed by atoms with Crippen molar-refractivity contribution in [2.45, 2.75) is 26.3 Å². The summed E-state index contributed by atoms with van der Waals surface area (Å²) in [5, 5.41) is 7.29. The second-order valence-electron chi connectivity index (χ2n) is 4.28. The second-order valence-corrected chi connectivity index (χ2v) is 5.07. The van der Waals surface area contributed by atoms with E-state index in [-0.39, 0.29) is 6.04 Å². The molecule has 1 aromatic carbocycles. The van der Waals surface area contributed by atoms with E-state index in [1.807, 2.05) is 13.8 Å². The first-order valence-electron chi connectivity index (χ1n) is 6.10. The summed E-state index contributed by atoms with van der Waals surface area (Å²) < 4.78 is 30.3. The maximum Gasteiger partial charge on any atom is 0.159 e. The van der Waals surface area contributed by atoms with E-state index < -0.39 is 11.6 Å². The van der Waals surface area contributed by atoms with Crippen molar-refractivity contribution in [3.05, 3.63) is 46.0 Å². The highest BCUT2D eigenvalue weighted by molar-refractivity contribution is 7.05. The Bertz CT molecular complexity index is 557. The third kappa shape index (κ3) is 3.13. The lowest BCUT2D eigenvalue weighted by Crippen LogP contribution is -2.23. The minimum absolute atomic E-state index is 0.199. The molecule has 0 saturated carbocycles. The van der Waals surface area contributed by atoms with Crippen LogP contribution in [-0.2, 0) is 0 Å². The number of aryl methyl sites for hydroxylation is 1. The number of benzene rings is 1. The number of nitrogens with one attached hydrogen (secondary N) is 1. The molecule has 0 bridgehead atoms. The molecule has 1 unspecified atom stereocenters. The summed E-state index contributed by atoms with van der Waals surface area (Å²) in [6.45, 7) is 4.69. The molecule has 3 nitrogen and oxygen atoms in total. The van der Waals surface area contributed by atoms with E-state index in [1.54, 1.807) is 6.07 Å². The van der Waals surface area contributed by atoms with E-state index in [0.717, 1.165) is 29.6 Å². The smallest absolute Gasteiger partial charge is 0.159 e. The van der Waals surface area contributed by atoms with E-state index >= 15 is 0 Å². The number of hydrogen-bond donors (Lipinski definition) is 1. The van der Waals surface area contributed by atoms with Crippen molar-refractivity contribution in [1.82, 2.24) is 14.9 Å². The fourth-order valence-electron chi connectivity index (χ4n) is 1.85. The average Bonchev–Trinajstić information content (AvgIpc) is 2.80. The Morgan fingerprint density at radius 3 is 2.68 bits per heavy atom. The van der Waals surface area contributed by atoms with Gasteiger partial charge in [0.2, 0.25) is 0 Å². The largest absolute Gasteiger partial charge is 0.305 e. The molecule has 2 rings (SSSR count). The molecule has 102 valence electrons. The second kappa shape index (κ2) is 6.16. The Morgan fingerprint density at radius 2 is 2.11 bits per heavy atom. The lowest BCUT2D eigenvalue weighted by atomic mass is 10.0. The lowest BCUT2D eigenvalue weighted by molar-refractivity contribution is 0.503. The lowest BCUT2D eigenvalue weighted by Gasteiger charge is -2.17. The maximum absolute atomic E-state index is 13.4. The molecule has 19 heavy (non-hydrogen) atoms. The van der Waals surface area contributed by atoms with Gasteiger partial charge in [-0.2, -0.15) is 0 Å². The van der Waals surface area contributed by atoms with E-state index in [9.17, 15) is 8.78 Å². The van der Waals surface area contributed by atoms with Crippen LogP contribution < -0.4 is 5.32 Å². The zero-order chi connectivity index (χ0) is 13.8. The molecule has 1 N–H and O–H groups in total. The Hall–Kier alpha value is -1.40. The van der Waals surface area contributed by atoms with Crippen molar-refractivity contribution in [1.29, 1.82) is 0 Å². The van der Waals surface area contributed by atoms with E-state index in [4.69, 9.17) is 0 Å². The average molecular weight is 283 g/mol. The topological polar surface area (TPSA) is 37.8 Å². The van der Waals surface area contributed by atoms with Crippen LogP contribution in [0.15, 0.2) is 18.2 Å². The standard InChI is InChI=1S/C13H15F2N3S/c1-3-6-16-12(13-8(2)17-18-19-13)9-4-5-10(14)11(15)7-9/h4-5,7,12,16H,3,6H2,1-2H3. The van der Waals surface area contributed by atoms with Crippen LogP contribution in [0.5, 0.6) is 0 Å². The first kappa shape index (κ1) is 14.0. The van der Waals surface area contributed by atoms with Gasteiger partial charge in [-0.05, 0) is 49.1 Å². The zero-order valence-electron chi connectivity index (χ0n) is 10.8. The number of rotatable bonds is 5. The van der Waals surface area contributed by atoms with Crippen molar-refractivity contribution in [3.63, 3.8) is 0 Å². The van der Waals surface area contributed by atoms with Crippen LogP contribution in [0.2, 0.25) is 0 Å². The van der Waals surface area contributed by atoms with Gasteiger partial charge in [-0.15, -0.1) is 5.10 Å². The number of aromatic nitrogens is 2. The van der Waals surface area contributed by atoms with Gasteiger partial charge in [0.25, 0.3) is 0 Å². The Balaban J connectivity index is 2.37. The number of nitrogens with zero attached hydrogens (tertiary/aromatic N) is 2. The summed E-state index contributed by atoms with van der Waals surface area (Å²) in [5.74, 6) is -1.67. The molecule has 0 radical (unpaired) electrons. The number of halogens is 2. The SMILES string of the molecule is CCCNC(c1ccc(F)c(F)c1)c1snnc1C. The third-order valence-electron chi connectivity index (χ3n) is 2.82. The van der Waals surface area contributed by atoms with E-state index in [2.05, 4.69) is 14.9 Å². The molecule has 0 fully saturated rings. The first-order valence-corrected chi connectivity index (χ1v) is 6.88. The molecule has 6 heteroatoms. The molecule has 0 aliphatic heterocycles. The highest BCUT2D eigenvalue weighted by atomic mass is 32.1. The van der Waals surface area contributed by atoms with Gasteiger partial charge in [0, 0.05) is 0 Å². The van der Waals surface area contributed by atoms with Crippen molar-refractivity contribution < 1.29 is 8.78 Å². The molecule has 0 spiro atoms. The fraction of sp³-hybridized carbons (Fsp3) is 0.385. The Kier molecular flexibility index (Phi) is 4.55. The summed E-state index contributed by atoms with van der Waals surface area (Å²) in [4.78, 5) is 0.930. The highest BCUT2D eigenvalue weighted by Crippen LogP contribution is 2.27. The van der Waals surface area contributed by atoms with Gasteiger partial charge in [-0.25, -0.2) is 8.78 Å². The van der Waals surface area contributed by atoms with Crippen molar-refractivity contribution in [2.75, 3.05) is 6.54 Å². The van der Waals surface area contributed by atoms with Gasteiger partial charge >= 0.3 is 0 Å². The normalized spacial score (nSPS) is 12.6. The quantitative estimate of drug-likeness (QED) is 0.915. The van der Waals surface area contributed by atoms with Crippen LogP contribution in [0.1, 0.15) is 35.5 Å². The van der Waals surface area contributed by atoms with E-state index in [0.29, 0.717) is 5.56 Å². The Labute approximate surface area is 114 Å². The fourth-order valence-corrected chi connectivity index (χ4v) is 2.59. The first-order chi connectivity index (χ1) is 9.13. The summed E-state index contributed by atoms with van der Waals surface area (Å²) >= 11 is 1.27. The van der Waals surface area contributed by atoms with Gasteiger partial charge in [-0.3, -0.25) is 0 Å². The predicted molar refractivity (Wildman–Crippen MR) is 71.1 cm³/mol. The highest BCUT2D eigenvalue weighted by Gasteiger charge is 2.20. The van der Waals surface area contributed by atoms with Crippen LogP contribution in [0.25, 0.3) is 0 Å². The zero-order valence-corrected chi connectivity index (χ0v) is 11.6. The van der Waals surface area contributed by atoms with Gasteiger partial charge < -0.3 is 5.32 Å². The summed E-state index contributed by atoms with van der Waals surface area (Å²) in [7, 11) is 0. The van der Waals surface area contributed by atoms with Crippen molar-refractivity contribution >= 4 is 11.5 Å². The molecule has 0 saturated heterocycles. The van der Waals surface area contributed by atoms with E-state index in [1.165, 1.54) is 17.6 Å². The van der Waals surface area contributed by atoms with Gasteiger partial charge in [0.1, 0.15) is 0 Å². The van der Waals surface area contributed by atoms with Crippen LogP contribution in [0.4, 0.5) is 8.78 Å². The van der Waals surface area contributed by atoms with Crippen molar-refractivity contribution in [2.24, 2.45) is 0 Å². The molecular weight excluding hydrogens is 268 g/mol. The maximum atomic E-state index is 13.4. The molecule has 2 aromatic rings. The van der Waals surface area contributed by atoms with Crippen LogP contribution in [0.3, 0.4) is 0 Å². The molecule has 0 aliphatic rings. The van der Waals surface area contributed by atoms with Crippen molar-refractivity contribution in [3.8, 4) is 0 Å². The van der Waals surface area contributed by atoms with Crippen LogP contribution in [-0.4, -0.2) is 16.1 Å². The van der Waals surface area contributed by atoms with Gasteiger partial charge in [-0.1, -0.05) is 17.5 Å². The molecule has 0 amide bonds. The van der Waals surface area contributed by atoms with Gasteiger partial charge in [0.05, 0.1) is 16.6 Å². The molecule has 1 heterocycles. The Morgan fingerprint density at radius 1 is 1.32 bits per heavy atom. The monoisotopic (exact) mass is 283 g/mol.